The van der Waals surface area contributed by atoms with E-state index in [1.165, 1.54) is 0 Å². The molecule has 2 fully saturated rings. The van der Waals surface area contributed by atoms with Gasteiger partial charge in [0, 0.05) is 31.6 Å². The first kappa shape index (κ1) is 17.2. The molecule has 3 unspecified atom stereocenters. The van der Waals surface area contributed by atoms with Gasteiger partial charge in [-0.2, -0.15) is 17.0 Å². The van der Waals surface area contributed by atoms with Crippen LogP contribution in [0.5, 0.6) is 0 Å². The van der Waals surface area contributed by atoms with Gasteiger partial charge in [0.25, 0.3) is 10.2 Å². The third-order valence-electron chi connectivity index (χ3n) is 5.10. The van der Waals surface area contributed by atoms with Gasteiger partial charge in [-0.25, -0.2) is 0 Å². The Balaban J connectivity index is 2.22. The Morgan fingerprint density at radius 1 is 1.05 bits per heavy atom. The molecular weight excluding hydrogens is 288 g/mol. The second-order valence-electron chi connectivity index (χ2n) is 6.28. The molecule has 0 aromatic rings. The molecule has 3 atom stereocenters. The number of hydrogen-bond donors (Lipinski definition) is 1. The van der Waals surface area contributed by atoms with Crippen molar-refractivity contribution in [2.45, 2.75) is 70.9 Å². The average molecular weight is 318 g/mol. The molecule has 5 nitrogen and oxygen atoms in total. The van der Waals surface area contributed by atoms with E-state index in [9.17, 15) is 13.5 Å². The molecule has 21 heavy (non-hydrogen) atoms. The van der Waals surface area contributed by atoms with Crippen molar-refractivity contribution in [2.24, 2.45) is 5.92 Å². The highest BCUT2D eigenvalue weighted by molar-refractivity contribution is 7.86. The number of piperidine rings is 1. The van der Waals surface area contributed by atoms with E-state index >= 15 is 0 Å². The van der Waals surface area contributed by atoms with Gasteiger partial charge in [0.2, 0.25) is 0 Å². The third kappa shape index (κ3) is 3.60. The molecule has 0 radical (unpaired) electrons. The molecule has 124 valence electrons. The molecule has 1 aliphatic carbocycles. The predicted octanol–water partition coefficient (Wildman–Crippen LogP) is 1.98. The van der Waals surface area contributed by atoms with Crippen LogP contribution in [-0.4, -0.2) is 53.9 Å². The Morgan fingerprint density at radius 2 is 1.67 bits per heavy atom. The van der Waals surface area contributed by atoms with Crippen molar-refractivity contribution in [3.8, 4) is 0 Å². The molecule has 2 rings (SSSR count). The molecule has 0 bridgehead atoms. The summed E-state index contributed by atoms with van der Waals surface area (Å²) in [5.74, 6) is 0.115. The number of hydrogen-bond acceptors (Lipinski definition) is 3. The topological polar surface area (TPSA) is 60.9 Å². The molecule has 1 heterocycles. The zero-order chi connectivity index (χ0) is 15.5. The van der Waals surface area contributed by atoms with Crippen molar-refractivity contribution in [3.63, 3.8) is 0 Å². The molecule has 6 heteroatoms. The third-order valence-corrected chi connectivity index (χ3v) is 7.32. The molecule has 0 aromatic heterocycles. The lowest BCUT2D eigenvalue weighted by molar-refractivity contribution is 0.0189. The first-order valence-corrected chi connectivity index (χ1v) is 9.87. The van der Waals surface area contributed by atoms with Crippen LogP contribution in [0.2, 0.25) is 0 Å². The Bertz CT molecular complexity index is 423. The number of aliphatic hydroxyl groups excluding tert-OH is 1. The first-order valence-electron chi connectivity index (χ1n) is 8.47. The van der Waals surface area contributed by atoms with Crippen LogP contribution in [0.4, 0.5) is 0 Å². The second-order valence-corrected chi connectivity index (χ2v) is 8.16. The van der Waals surface area contributed by atoms with Crippen molar-refractivity contribution in [2.75, 3.05) is 19.6 Å². The van der Waals surface area contributed by atoms with Crippen LogP contribution in [0, 0.1) is 5.92 Å². The van der Waals surface area contributed by atoms with Crippen LogP contribution in [-0.2, 0) is 10.2 Å². The highest BCUT2D eigenvalue weighted by atomic mass is 32.2. The summed E-state index contributed by atoms with van der Waals surface area (Å²) in [5, 5.41) is 10.3. The van der Waals surface area contributed by atoms with Crippen LogP contribution in [0.1, 0.15) is 58.8 Å². The van der Waals surface area contributed by atoms with Crippen LogP contribution in [0.25, 0.3) is 0 Å². The monoisotopic (exact) mass is 318 g/mol. The molecule has 1 aliphatic heterocycles. The smallest absolute Gasteiger partial charge is 0.282 e. The lowest BCUT2D eigenvalue weighted by Gasteiger charge is -2.44. The summed E-state index contributed by atoms with van der Waals surface area (Å²) in [4.78, 5) is 0. The Kier molecular flexibility index (Phi) is 6.05. The van der Waals surface area contributed by atoms with Crippen LogP contribution in [0.15, 0.2) is 0 Å². The number of aliphatic hydroxyl groups is 1. The van der Waals surface area contributed by atoms with E-state index in [1.807, 2.05) is 13.8 Å². The fraction of sp³-hybridized carbons (Fsp3) is 1.00. The summed E-state index contributed by atoms with van der Waals surface area (Å²) < 4.78 is 29.0. The summed E-state index contributed by atoms with van der Waals surface area (Å²) in [6.45, 7) is 5.39. The fourth-order valence-electron chi connectivity index (χ4n) is 3.93. The van der Waals surface area contributed by atoms with Crippen molar-refractivity contribution in [1.29, 1.82) is 0 Å². The van der Waals surface area contributed by atoms with Gasteiger partial charge >= 0.3 is 0 Å². The van der Waals surface area contributed by atoms with Gasteiger partial charge in [-0.05, 0) is 25.7 Å². The molecule has 0 aromatic carbocycles. The van der Waals surface area contributed by atoms with Gasteiger partial charge in [0.15, 0.2) is 0 Å². The van der Waals surface area contributed by atoms with E-state index in [-0.39, 0.29) is 18.1 Å². The molecular formula is C15H30N2O3S. The Morgan fingerprint density at radius 3 is 2.29 bits per heavy atom. The zero-order valence-electron chi connectivity index (χ0n) is 13.4. The molecule has 1 saturated heterocycles. The van der Waals surface area contributed by atoms with E-state index < -0.39 is 10.2 Å². The molecule has 1 saturated carbocycles. The maximum absolute atomic E-state index is 12.9. The summed E-state index contributed by atoms with van der Waals surface area (Å²) in [5.41, 5.74) is 0. The Hall–Kier alpha value is -0.170. The van der Waals surface area contributed by atoms with Crippen molar-refractivity contribution in [3.05, 3.63) is 0 Å². The fourth-order valence-corrected chi connectivity index (χ4v) is 5.85. The SMILES string of the molecule is CCN(CC)S(=O)(=O)N1CCCCC1C1CCCCC1O. The van der Waals surface area contributed by atoms with Gasteiger partial charge in [-0.3, -0.25) is 0 Å². The standard InChI is InChI=1S/C15H30N2O3S/c1-3-16(4-2)21(19,20)17-12-8-7-10-14(17)13-9-5-6-11-15(13)18/h13-15,18H,3-12H2,1-2H3. The van der Waals surface area contributed by atoms with Gasteiger partial charge in [-0.1, -0.05) is 33.1 Å². The minimum absolute atomic E-state index is 0.0142. The quantitative estimate of drug-likeness (QED) is 0.843. The van der Waals surface area contributed by atoms with Crippen molar-refractivity contribution < 1.29 is 13.5 Å². The molecule has 0 spiro atoms. The largest absolute Gasteiger partial charge is 0.393 e. The average Bonchev–Trinajstić information content (AvgIpc) is 2.49. The second kappa shape index (κ2) is 7.40. The van der Waals surface area contributed by atoms with Crippen LogP contribution < -0.4 is 0 Å². The van der Waals surface area contributed by atoms with Gasteiger partial charge < -0.3 is 5.11 Å². The summed E-state index contributed by atoms with van der Waals surface area (Å²) in [6, 6.07) is -0.0142. The van der Waals surface area contributed by atoms with Gasteiger partial charge in [0.05, 0.1) is 6.10 Å². The van der Waals surface area contributed by atoms with Crippen LogP contribution in [0.3, 0.4) is 0 Å². The van der Waals surface area contributed by atoms with Gasteiger partial charge in [0.1, 0.15) is 0 Å². The first-order chi connectivity index (χ1) is 10.0. The highest BCUT2D eigenvalue weighted by Gasteiger charge is 2.42. The summed E-state index contributed by atoms with van der Waals surface area (Å²) in [7, 11) is -3.39. The molecule has 1 N–H and O–H groups in total. The van der Waals surface area contributed by atoms with E-state index in [0.717, 1.165) is 44.9 Å². The van der Waals surface area contributed by atoms with Gasteiger partial charge in [-0.15, -0.1) is 0 Å². The van der Waals surface area contributed by atoms with E-state index in [4.69, 9.17) is 0 Å². The van der Waals surface area contributed by atoms with E-state index in [0.29, 0.717) is 19.6 Å². The minimum Gasteiger partial charge on any atom is -0.393 e. The highest BCUT2D eigenvalue weighted by Crippen LogP contribution is 2.35. The lowest BCUT2D eigenvalue weighted by Crippen LogP contribution is -2.55. The maximum atomic E-state index is 12.9. The Labute approximate surface area is 129 Å². The van der Waals surface area contributed by atoms with E-state index in [2.05, 4.69) is 0 Å². The summed E-state index contributed by atoms with van der Waals surface area (Å²) >= 11 is 0. The zero-order valence-corrected chi connectivity index (χ0v) is 14.2. The number of nitrogens with zero attached hydrogens (tertiary/aromatic N) is 2. The normalized spacial score (nSPS) is 32.5. The lowest BCUT2D eigenvalue weighted by atomic mass is 9.79. The van der Waals surface area contributed by atoms with Crippen molar-refractivity contribution >= 4 is 10.2 Å². The van der Waals surface area contributed by atoms with Crippen molar-refractivity contribution in [1.82, 2.24) is 8.61 Å². The summed E-state index contributed by atoms with van der Waals surface area (Å²) in [6.07, 6.45) is 6.50. The maximum Gasteiger partial charge on any atom is 0.282 e. The minimum atomic E-state index is -3.39. The predicted molar refractivity (Wildman–Crippen MR) is 84.2 cm³/mol. The number of rotatable bonds is 5. The van der Waals surface area contributed by atoms with Crippen LogP contribution >= 0.6 is 0 Å². The molecule has 2 aliphatic rings. The molecule has 0 amide bonds. The van der Waals surface area contributed by atoms with E-state index in [1.54, 1.807) is 8.61 Å².